The van der Waals surface area contributed by atoms with Gasteiger partial charge in [-0.05, 0) is 153 Å². The van der Waals surface area contributed by atoms with Crippen molar-refractivity contribution >= 4 is 36.5 Å². The number of allylic oxidation sites excluding steroid dienone is 1. The molecule has 0 spiro atoms. The molecule has 0 saturated heterocycles. The fourth-order valence-electron chi connectivity index (χ4n) is 7.79. The highest BCUT2D eigenvalue weighted by Crippen LogP contribution is 2.20. The van der Waals surface area contributed by atoms with Gasteiger partial charge in [-0.25, -0.2) is 0 Å². The maximum Gasteiger partial charge on any atom is 0.150 e. The lowest BCUT2D eigenvalue weighted by Crippen LogP contribution is -2.00. The first-order valence-corrected chi connectivity index (χ1v) is 25.2. The van der Waals surface area contributed by atoms with Crippen LogP contribution in [0.15, 0.2) is 103 Å². The summed E-state index contributed by atoms with van der Waals surface area (Å²) in [5, 5.41) is 0. The minimum atomic E-state index is 0.598. The van der Waals surface area contributed by atoms with E-state index < -0.39 is 0 Å². The van der Waals surface area contributed by atoms with Crippen LogP contribution < -0.4 is 0 Å². The second-order valence-corrected chi connectivity index (χ2v) is 20.6. The molecule has 0 amide bonds. The number of alkyl halides is 1. The van der Waals surface area contributed by atoms with Crippen LogP contribution in [0.1, 0.15) is 158 Å². The van der Waals surface area contributed by atoms with Gasteiger partial charge in [0, 0.05) is 17.9 Å². The van der Waals surface area contributed by atoms with Crippen molar-refractivity contribution in [1.29, 1.82) is 0 Å². The average Bonchev–Trinajstić information content (AvgIpc) is 3.23. The number of hydrogen-bond acceptors (Lipinski definition) is 3. The van der Waals surface area contributed by atoms with Crippen LogP contribution in [-0.2, 0) is 54.0 Å². The first kappa shape index (κ1) is 60.2. The van der Waals surface area contributed by atoms with E-state index in [1.807, 2.05) is 18.2 Å². The highest BCUT2D eigenvalue weighted by atomic mass is 35.5. The summed E-state index contributed by atoms with van der Waals surface area (Å²) in [4.78, 5) is 31.4. The second kappa shape index (κ2) is 33.6. The summed E-state index contributed by atoms with van der Waals surface area (Å²) < 4.78 is 0. The molecule has 0 unspecified atom stereocenters. The highest BCUT2D eigenvalue weighted by Gasteiger charge is 2.07. The molecular weight excluding hydrogens is 840 g/mol. The lowest BCUT2D eigenvalue weighted by molar-refractivity contribution is -0.107. The van der Waals surface area contributed by atoms with Crippen LogP contribution in [0.5, 0.6) is 0 Å². The standard InChI is InChI=1S/C14H20O.C14H18O.C12H17Cl.C12H16O.C11H16/c2*1-11(2)9-14-10-12(3)6-7-13(14)5-4-8-15;2*1-9(2)6-12-7-10(3)4-5-11(12)8-13;1-9(2)7-11-6-4-5-10(3)8-11/h6-8,10-11H,4-5,9H2,1-3H3;4-8,10-11H,9H2,1-3H3;4-5,7,9H,6,8H2,1-3H3;4-5,7-9H,6H2,1-3H3;4-6,8-9H,7H2,1-3H3/b;5-4+;;;. The van der Waals surface area contributed by atoms with E-state index >= 15 is 0 Å². The van der Waals surface area contributed by atoms with Crippen LogP contribution in [-0.4, -0.2) is 18.9 Å². The lowest BCUT2D eigenvalue weighted by Gasteiger charge is -2.11. The van der Waals surface area contributed by atoms with E-state index in [0.29, 0.717) is 36.0 Å². The molecule has 5 aromatic carbocycles. The molecule has 0 N–H and O–H groups in total. The molecule has 0 aliphatic rings. The smallest absolute Gasteiger partial charge is 0.150 e. The van der Waals surface area contributed by atoms with Gasteiger partial charge in [0.05, 0.1) is 0 Å². The Labute approximate surface area is 414 Å². The monoisotopic (exact) mass is 927 g/mol. The summed E-state index contributed by atoms with van der Waals surface area (Å²) in [5.74, 6) is 3.99. The number of aryl methyl sites for hydroxylation is 6. The molecule has 0 atom stereocenters. The summed E-state index contributed by atoms with van der Waals surface area (Å²) in [5.41, 5.74) is 17.9. The minimum Gasteiger partial charge on any atom is -0.303 e. The molecule has 67 heavy (non-hydrogen) atoms. The zero-order valence-electron chi connectivity index (χ0n) is 44.3. The number of carbonyl (C=O) groups excluding carboxylic acids is 3. The van der Waals surface area contributed by atoms with Gasteiger partial charge in [0.2, 0.25) is 0 Å². The van der Waals surface area contributed by atoms with Crippen molar-refractivity contribution < 1.29 is 14.4 Å². The zero-order valence-corrected chi connectivity index (χ0v) is 45.0. The predicted molar refractivity (Wildman–Crippen MR) is 293 cm³/mol. The third-order valence-corrected chi connectivity index (χ3v) is 11.0. The van der Waals surface area contributed by atoms with Gasteiger partial charge in [-0.2, -0.15) is 0 Å². The minimum absolute atomic E-state index is 0.598. The second-order valence-electron chi connectivity index (χ2n) is 20.4. The van der Waals surface area contributed by atoms with Crippen LogP contribution in [0.2, 0.25) is 0 Å². The summed E-state index contributed by atoms with van der Waals surface area (Å²) >= 11 is 5.87. The van der Waals surface area contributed by atoms with Crippen LogP contribution in [0.3, 0.4) is 0 Å². The molecule has 0 fully saturated rings. The number of carbonyl (C=O) groups is 3. The largest absolute Gasteiger partial charge is 0.303 e. The normalized spacial score (nSPS) is 10.8. The fourth-order valence-corrected chi connectivity index (χ4v) is 8.05. The summed E-state index contributed by atoms with van der Waals surface area (Å²) in [7, 11) is 0. The van der Waals surface area contributed by atoms with Gasteiger partial charge in [-0.3, -0.25) is 9.59 Å². The highest BCUT2D eigenvalue weighted by molar-refractivity contribution is 6.17. The molecule has 0 aliphatic carbocycles. The number of hydrogen-bond donors (Lipinski definition) is 0. The van der Waals surface area contributed by atoms with E-state index in [-0.39, 0.29) is 0 Å². The van der Waals surface area contributed by atoms with E-state index in [1.165, 1.54) is 73.2 Å². The van der Waals surface area contributed by atoms with Gasteiger partial charge in [0.15, 0.2) is 0 Å². The Morgan fingerprint density at radius 3 is 1.27 bits per heavy atom. The third-order valence-electron chi connectivity index (χ3n) is 10.7. The van der Waals surface area contributed by atoms with Crippen LogP contribution in [0, 0.1) is 64.2 Å². The van der Waals surface area contributed by atoms with Crippen molar-refractivity contribution in [3.63, 3.8) is 0 Å². The summed E-state index contributed by atoms with van der Waals surface area (Å²) in [6.45, 7) is 32.7. The van der Waals surface area contributed by atoms with E-state index in [0.717, 1.165) is 68.0 Å². The van der Waals surface area contributed by atoms with Crippen LogP contribution >= 0.6 is 11.6 Å². The molecule has 4 heteroatoms. The van der Waals surface area contributed by atoms with Gasteiger partial charge < -0.3 is 4.79 Å². The zero-order chi connectivity index (χ0) is 50.5. The lowest BCUT2D eigenvalue weighted by atomic mass is 9.94. The quantitative estimate of drug-likeness (QED) is 0.0530. The first-order valence-electron chi connectivity index (χ1n) is 24.7. The maximum absolute atomic E-state index is 10.7. The van der Waals surface area contributed by atoms with Gasteiger partial charge in [-0.15, -0.1) is 11.6 Å². The fraction of sp³-hybridized carbons (Fsp3) is 0.444. The Balaban J connectivity index is 0.000000420. The van der Waals surface area contributed by atoms with Crippen molar-refractivity contribution in [3.05, 3.63) is 181 Å². The van der Waals surface area contributed by atoms with Crippen molar-refractivity contribution in [3.8, 4) is 0 Å². The molecule has 3 nitrogen and oxygen atoms in total. The summed E-state index contributed by atoms with van der Waals surface area (Å²) in [6.07, 6.45) is 13.2. The van der Waals surface area contributed by atoms with E-state index in [2.05, 4.69) is 189 Å². The van der Waals surface area contributed by atoms with Gasteiger partial charge in [0.25, 0.3) is 0 Å². The molecule has 0 radical (unpaired) electrons. The van der Waals surface area contributed by atoms with Gasteiger partial charge >= 0.3 is 0 Å². The topological polar surface area (TPSA) is 51.2 Å². The Bertz CT molecular complexity index is 2220. The molecule has 0 saturated carbocycles. The number of aldehydes is 3. The average molecular weight is 928 g/mol. The van der Waals surface area contributed by atoms with Gasteiger partial charge in [0.1, 0.15) is 18.9 Å². The van der Waals surface area contributed by atoms with Gasteiger partial charge in [-0.1, -0.05) is 200 Å². The van der Waals surface area contributed by atoms with Crippen molar-refractivity contribution in [2.45, 2.75) is 155 Å². The third kappa shape index (κ3) is 26.9. The van der Waals surface area contributed by atoms with Crippen molar-refractivity contribution in [1.82, 2.24) is 0 Å². The Hall–Kier alpha value is -4.86. The molecule has 364 valence electrons. The molecule has 5 rings (SSSR count). The predicted octanol–water partition coefficient (Wildman–Crippen LogP) is 16.9. The van der Waals surface area contributed by atoms with Crippen LogP contribution in [0.25, 0.3) is 6.08 Å². The molecule has 0 bridgehead atoms. The molecule has 0 aromatic heterocycles. The number of halogens is 1. The van der Waals surface area contributed by atoms with Crippen molar-refractivity contribution in [2.24, 2.45) is 29.6 Å². The maximum atomic E-state index is 10.7. The van der Waals surface area contributed by atoms with Crippen molar-refractivity contribution in [2.75, 3.05) is 0 Å². The Morgan fingerprint density at radius 2 is 0.836 bits per heavy atom. The molecular formula is C63H87ClO3. The first-order chi connectivity index (χ1) is 31.7. The Kier molecular flexibility index (Phi) is 30.2. The molecule has 0 aliphatic heterocycles. The molecule has 0 heterocycles. The number of rotatable bonds is 17. The van der Waals surface area contributed by atoms with Crippen LogP contribution in [0.4, 0.5) is 0 Å². The number of benzene rings is 5. The summed E-state index contributed by atoms with van der Waals surface area (Å²) in [6, 6.07) is 34.1. The van der Waals surface area contributed by atoms with E-state index in [9.17, 15) is 14.4 Å². The Morgan fingerprint density at radius 1 is 0.433 bits per heavy atom. The van der Waals surface area contributed by atoms with E-state index in [4.69, 9.17) is 11.6 Å². The molecule has 5 aromatic rings. The van der Waals surface area contributed by atoms with E-state index in [1.54, 1.807) is 6.08 Å². The SMILES string of the molecule is Cc1ccc(/C=C/C=O)c(CC(C)C)c1.Cc1ccc(C=O)c(CC(C)C)c1.Cc1ccc(CCC=O)c(CC(C)C)c1.Cc1ccc(CCl)c(CC(C)C)c1.Cc1cccc(CC(C)C)c1.